The van der Waals surface area contributed by atoms with Crippen LogP contribution in [0.1, 0.15) is 58.4 Å². The van der Waals surface area contributed by atoms with Crippen molar-refractivity contribution in [3.05, 3.63) is 88.0 Å². The molecule has 0 bridgehead atoms. The Hall–Kier alpha value is -5.75. The van der Waals surface area contributed by atoms with Crippen LogP contribution in [0.2, 0.25) is 0 Å². The van der Waals surface area contributed by atoms with Crippen LogP contribution in [0, 0.1) is 46.3 Å². The van der Waals surface area contributed by atoms with Gasteiger partial charge < -0.3 is 25.4 Å². The maximum absolute atomic E-state index is 14.7. The molecular formula is C41H38N2O9. The summed E-state index contributed by atoms with van der Waals surface area (Å²) in [5.41, 5.74) is 1.42. The van der Waals surface area contributed by atoms with E-state index in [0.29, 0.717) is 33.8 Å². The number of likely N-dealkylation sites (N-methyl/N-ethyl adjacent to an activating group) is 1. The Kier molecular flexibility index (Phi) is 8.86. The zero-order chi connectivity index (χ0) is 37.9. The van der Waals surface area contributed by atoms with Gasteiger partial charge in [-0.05, 0) is 92.5 Å². The highest BCUT2D eigenvalue weighted by Crippen LogP contribution is 2.62. The molecule has 3 aromatic rings. The lowest BCUT2D eigenvalue weighted by Gasteiger charge is -2.61. The van der Waals surface area contributed by atoms with E-state index in [1.165, 1.54) is 11.8 Å². The van der Waals surface area contributed by atoms with Crippen LogP contribution >= 0.6 is 0 Å². The molecule has 6 rings (SSSR count). The highest BCUT2D eigenvalue weighted by molar-refractivity contribution is 6.33. The monoisotopic (exact) mass is 702 g/mol. The SMILES string of the molecule is COc1ccc(C#Cc2cc(C#Cc3ccc(OC)cc3)c3c(c2O)C(=O)C2C(=O)[C@]4(O)C(=O)C(C(N)=O)C(=O)[C@@H](N(C)C)[C@]4(C)C[C@]2(C)C3)cc1. The van der Waals surface area contributed by atoms with Crippen molar-refractivity contribution in [2.75, 3.05) is 28.3 Å². The number of nitrogens with zero attached hydrogens (tertiary/aromatic N) is 1. The van der Waals surface area contributed by atoms with Crippen LogP contribution in [0.4, 0.5) is 0 Å². The van der Waals surface area contributed by atoms with E-state index in [4.69, 9.17) is 15.2 Å². The number of ketones is 4. The molecule has 6 atom stereocenters. The number of Topliss-reactive ketones (excluding diaryl/α,β-unsaturated/α-hetero) is 4. The van der Waals surface area contributed by atoms with E-state index < -0.39 is 69.1 Å². The maximum Gasteiger partial charge on any atom is 0.235 e. The zero-order valence-electron chi connectivity index (χ0n) is 29.6. The summed E-state index contributed by atoms with van der Waals surface area (Å²) in [6, 6.07) is 14.3. The van der Waals surface area contributed by atoms with Crippen LogP contribution in [0.3, 0.4) is 0 Å². The first-order valence-corrected chi connectivity index (χ1v) is 16.6. The molecule has 1 amide bonds. The molecule has 0 spiro atoms. The largest absolute Gasteiger partial charge is 0.506 e. The molecule has 3 aliphatic carbocycles. The molecule has 3 aromatic carbocycles. The number of hydrogen-bond acceptors (Lipinski definition) is 10. The average Bonchev–Trinajstić information content (AvgIpc) is 3.09. The first kappa shape index (κ1) is 36.1. The molecule has 0 aliphatic heterocycles. The van der Waals surface area contributed by atoms with Gasteiger partial charge >= 0.3 is 0 Å². The van der Waals surface area contributed by atoms with E-state index in [2.05, 4.69) is 23.7 Å². The number of rotatable bonds is 4. The van der Waals surface area contributed by atoms with Gasteiger partial charge in [-0.3, -0.25) is 28.9 Å². The summed E-state index contributed by atoms with van der Waals surface area (Å²) in [7, 11) is 6.18. The van der Waals surface area contributed by atoms with Crippen molar-refractivity contribution in [2.24, 2.45) is 28.4 Å². The number of aromatic hydroxyl groups is 1. The minimum atomic E-state index is -2.91. The predicted octanol–water partition coefficient (Wildman–Crippen LogP) is 2.46. The minimum Gasteiger partial charge on any atom is -0.506 e. The summed E-state index contributed by atoms with van der Waals surface area (Å²) in [4.78, 5) is 70.9. The Balaban J connectivity index is 1.55. The molecule has 0 saturated heterocycles. The summed E-state index contributed by atoms with van der Waals surface area (Å²) in [6.45, 7) is 3.15. The molecule has 52 heavy (non-hydrogen) atoms. The number of fused-ring (bicyclic) bond motifs is 3. The molecule has 11 nitrogen and oxygen atoms in total. The van der Waals surface area contributed by atoms with Crippen molar-refractivity contribution in [1.29, 1.82) is 0 Å². The lowest BCUT2D eigenvalue weighted by Crippen LogP contribution is -2.79. The quantitative estimate of drug-likeness (QED) is 0.271. The van der Waals surface area contributed by atoms with Crippen molar-refractivity contribution in [2.45, 2.75) is 38.3 Å². The lowest BCUT2D eigenvalue weighted by molar-refractivity contribution is -0.203. The van der Waals surface area contributed by atoms with E-state index >= 15 is 0 Å². The number of methoxy groups -OCH3 is 2. The molecule has 0 heterocycles. The Morgan fingerprint density at radius 3 is 1.85 bits per heavy atom. The highest BCUT2D eigenvalue weighted by Gasteiger charge is 2.76. The molecule has 0 radical (unpaired) electrons. The number of benzene rings is 3. The number of aliphatic hydroxyl groups is 1. The lowest BCUT2D eigenvalue weighted by atomic mass is 9.42. The van der Waals surface area contributed by atoms with E-state index in [-0.39, 0.29) is 24.0 Å². The fourth-order valence-electron chi connectivity index (χ4n) is 8.62. The van der Waals surface area contributed by atoms with Gasteiger partial charge in [0.15, 0.2) is 34.7 Å². The summed E-state index contributed by atoms with van der Waals surface area (Å²) in [5, 5.41) is 24.0. The first-order valence-electron chi connectivity index (χ1n) is 16.6. The minimum absolute atomic E-state index is 0.0182. The molecule has 0 aromatic heterocycles. The number of phenolic OH excluding ortho intramolecular Hbond substituents is 1. The standard InChI is InChI=1S/C41H38N2O9/c1-39-20-28-24(13-7-22-9-15-26(51-5)16-10-22)19-25(14-8-23-11-17-27(52-6)18-12-23)32(44)29(28)33(45)31(39)37(48)41(50)36(47)30(38(42)49)34(46)35(43(3)4)40(41,2)21-39/h9-12,15-19,30-31,35,44,50H,20-21H2,1-6H3,(H2,42,49)/t30?,31?,35-,39+,40+,41-/m1/s1. The third kappa shape index (κ3) is 5.36. The first-order chi connectivity index (χ1) is 24.5. The molecule has 2 fully saturated rings. The van der Waals surface area contributed by atoms with Crippen LogP contribution < -0.4 is 15.2 Å². The fourth-order valence-corrected chi connectivity index (χ4v) is 8.62. The third-order valence-corrected chi connectivity index (χ3v) is 10.9. The van der Waals surface area contributed by atoms with Crippen molar-refractivity contribution in [1.82, 2.24) is 4.90 Å². The van der Waals surface area contributed by atoms with Gasteiger partial charge in [0.05, 0.1) is 37.3 Å². The van der Waals surface area contributed by atoms with Gasteiger partial charge in [-0.1, -0.05) is 37.5 Å². The number of primary amides is 1. The van der Waals surface area contributed by atoms with Gasteiger partial charge in [0.2, 0.25) is 5.91 Å². The highest BCUT2D eigenvalue weighted by atomic mass is 16.5. The molecule has 2 saturated carbocycles. The van der Waals surface area contributed by atoms with E-state index in [9.17, 15) is 34.2 Å². The second-order valence-corrected chi connectivity index (χ2v) is 14.4. The van der Waals surface area contributed by atoms with E-state index in [1.807, 2.05) is 0 Å². The summed E-state index contributed by atoms with van der Waals surface area (Å²) in [6.07, 6.45) is -0.126. The predicted molar refractivity (Wildman–Crippen MR) is 189 cm³/mol. The fraction of sp³-hybridized carbons (Fsp3) is 0.341. The number of hydrogen-bond donors (Lipinski definition) is 3. The summed E-state index contributed by atoms with van der Waals surface area (Å²) in [5.74, 6) is 3.81. The Bertz CT molecular complexity index is 2180. The number of carbonyl (C=O) groups excluding carboxylic acids is 5. The number of nitrogens with two attached hydrogens (primary N) is 1. The third-order valence-electron chi connectivity index (χ3n) is 10.9. The Labute approximate surface area is 301 Å². The number of ether oxygens (including phenoxy) is 2. The number of carbonyl (C=O) groups is 5. The molecule has 266 valence electrons. The van der Waals surface area contributed by atoms with Crippen LogP contribution in [-0.2, 0) is 25.6 Å². The van der Waals surface area contributed by atoms with Crippen LogP contribution in [0.25, 0.3) is 0 Å². The average molecular weight is 703 g/mol. The second-order valence-electron chi connectivity index (χ2n) is 14.4. The molecule has 2 unspecified atom stereocenters. The maximum atomic E-state index is 14.7. The van der Waals surface area contributed by atoms with Gasteiger partial charge in [0, 0.05) is 22.1 Å². The van der Waals surface area contributed by atoms with E-state index in [0.717, 1.165) is 0 Å². The van der Waals surface area contributed by atoms with Crippen molar-refractivity contribution >= 4 is 29.0 Å². The Morgan fingerprint density at radius 2 is 1.37 bits per heavy atom. The second kappa shape index (κ2) is 12.8. The van der Waals surface area contributed by atoms with Gasteiger partial charge in [0.25, 0.3) is 0 Å². The van der Waals surface area contributed by atoms with Crippen molar-refractivity contribution in [3.63, 3.8) is 0 Å². The van der Waals surface area contributed by atoms with Crippen LogP contribution in [-0.4, -0.2) is 84.1 Å². The number of phenols is 1. The van der Waals surface area contributed by atoms with Gasteiger partial charge in [-0.25, -0.2) is 0 Å². The topological polar surface area (TPSA) is 174 Å². The van der Waals surface area contributed by atoms with Gasteiger partial charge in [0.1, 0.15) is 17.2 Å². The molecular weight excluding hydrogens is 664 g/mol. The zero-order valence-corrected chi connectivity index (χ0v) is 29.6. The molecule has 3 aliphatic rings. The molecule has 11 heteroatoms. The van der Waals surface area contributed by atoms with Gasteiger partial charge in [-0.15, -0.1) is 0 Å². The van der Waals surface area contributed by atoms with Crippen molar-refractivity contribution < 1.29 is 43.7 Å². The van der Waals surface area contributed by atoms with Gasteiger partial charge in [-0.2, -0.15) is 0 Å². The smallest absolute Gasteiger partial charge is 0.235 e. The van der Waals surface area contributed by atoms with Crippen molar-refractivity contribution in [3.8, 4) is 40.9 Å². The summed E-state index contributed by atoms with van der Waals surface area (Å²) < 4.78 is 10.5. The van der Waals surface area contributed by atoms with Crippen LogP contribution in [0.15, 0.2) is 54.6 Å². The normalized spacial score (nSPS) is 27.7. The van der Waals surface area contributed by atoms with Crippen LogP contribution in [0.5, 0.6) is 17.2 Å². The molecule has 4 N–H and O–H groups in total. The Morgan fingerprint density at radius 1 is 0.846 bits per heavy atom. The number of amides is 1. The summed E-state index contributed by atoms with van der Waals surface area (Å²) >= 11 is 0. The van der Waals surface area contributed by atoms with E-state index in [1.54, 1.807) is 89.8 Å².